The van der Waals surface area contributed by atoms with E-state index in [4.69, 9.17) is 51.9 Å². The summed E-state index contributed by atoms with van der Waals surface area (Å²) in [6.45, 7) is 4.26. The molecule has 12 nitrogen and oxygen atoms in total. The van der Waals surface area contributed by atoms with Crippen LogP contribution in [0.5, 0.6) is 0 Å². The minimum absolute atomic E-state index is 0. The van der Waals surface area contributed by atoms with Crippen molar-refractivity contribution >= 4 is 47.7 Å². The molecule has 0 bridgehead atoms. The number of rotatable bonds is 5. The van der Waals surface area contributed by atoms with Crippen molar-refractivity contribution in [1.29, 1.82) is 0 Å². The topological polar surface area (TPSA) is 229 Å². The van der Waals surface area contributed by atoms with Gasteiger partial charge in [0.25, 0.3) is 0 Å². The Morgan fingerprint density at radius 2 is 0.582 bits per heavy atom. The van der Waals surface area contributed by atoms with Gasteiger partial charge < -0.3 is 18.2 Å². The van der Waals surface area contributed by atoms with Crippen LogP contribution in [0.3, 0.4) is 0 Å². The number of allylic oxidation sites excluding steroid dienone is 1. The Kier molecular flexibility index (Phi) is 25.1. The summed E-state index contributed by atoms with van der Waals surface area (Å²) in [4.78, 5) is 0. The average molecular weight is 1110 g/mol. The van der Waals surface area contributed by atoms with Crippen molar-refractivity contribution in [3.63, 3.8) is 0 Å². The Morgan fingerprint density at radius 1 is 0.436 bits per heavy atom. The molecule has 0 spiro atoms. The van der Waals surface area contributed by atoms with Crippen LogP contribution in [0.2, 0.25) is 0 Å². The maximum Gasteiger partial charge on any atom is 4.00 e. The minimum Gasteiger partial charge on any atom is -0.741 e. The predicted octanol–water partition coefficient (Wildman–Crippen LogP) is 7.39. The molecule has 0 saturated heterocycles. The maximum absolute atomic E-state index is 10.7. The average Bonchev–Trinajstić information content (AvgIpc) is 2.98. The third kappa shape index (κ3) is 21.5. The van der Waals surface area contributed by atoms with Gasteiger partial charge in [0.2, 0.25) is 0 Å². The Bertz CT molecular complexity index is 1350. The van der Waals surface area contributed by atoms with E-state index in [0.717, 1.165) is 17.0 Å². The van der Waals surface area contributed by atoms with Gasteiger partial charge in [-0.1, -0.05) is 31.9 Å². The summed E-state index contributed by atoms with van der Waals surface area (Å²) >= 11 is 0. The van der Waals surface area contributed by atoms with Crippen molar-refractivity contribution in [2.75, 3.05) is 6.16 Å². The summed E-state index contributed by atoms with van der Waals surface area (Å²) in [6.07, 6.45) is 27.0. The second-order valence-electron chi connectivity index (χ2n) is 11.9. The van der Waals surface area contributed by atoms with Gasteiger partial charge in [-0.3, -0.25) is 0 Å². The zero-order chi connectivity index (χ0) is 43.3. The molecule has 0 aromatic rings. The Labute approximate surface area is 326 Å². The first-order valence-corrected chi connectivity index (χ1v) is 23.3. The number of hydrogen-bond donors (Lipinski definition) is 0. The third-order valence-corrected chi connectivity index (χ3v) is 17.1. The summed E-state index contributed by atoms with van der Waals surface area (Å²) in [5.41, 5.74) is -19.2. The molecule has 30 heteroatoms. The van der Waals surface area contributed by atoms with Crippen molar-refractivity contribution in [3.8, 4) is 0 Å². The van der Waals surface area contributed by atoms with Crippen molar-refractivity contribution in [1.82, 2.24) is 0 Å². The molecule has 3 fully saturated rings. The molecule has 3 aliphatic carbocycles. The molecule has 0 radical (unpaired) electrons. The van der Waals surface area contributed by atoms with Gasteiger partial charge in [0.1, 0.15) is 0 Å². The van der Waals surface area contributed by atoms with E-state index < -0.39 is 69.8 Å². The standard InChI is InChI=1S/C21H38P.4CHF3O3S.Pt/c1-2-18-22(19-12-6-3-7-13-19,20-14-8-4-9-15-20)21-16-10-5-11-17-21;4*2-1(3,4)8(5,6)7;/h2,19-21H,1,3-18H2;4*(H,5,6,7);/q+1;;;;;+4/p-4. The fraction of sp³-hybridized carbons (Fsp3) is 0.920. The van der Waals surface area contributed by atoms with Crippen LogP contribution in [-0.4, -0.2) is 97.1 Å². The predicted molar refractivity (Wildman–Crippen MR) is 166 cm³/mol. The van der Waals surface area contributed by atoms with Gasteiger partial charge in [-0.05, 0) is 77.0 Å². The molecule has 0 aromatic carbocycles. The van der Waals surface area contributed by atoms with E-state index in [2.05, 4.69) is 12.7 Å². The number of halogens is 12. The van der Waals surface area contributed by atoms with Crippen LogP contribution >= 0.6 is 7.26 Å². The van der Waals surface area contributed by atoms with Crippen molar-refractivity contribution in [3.05, 3.63) is 12.7 Å². The molecular formula is C25H38F12O12PPtS4+. The zero-order valence-electron chi connectivity index (χ0n) is 28.2. The first kappa shape index (κ1) is 59.0. The fourth-order valence-electron chi connectivity index (χ4n) is 6.25. The van der Waals surface area contributed by atoms with Crippen LogP contribution in [0.15, 0.2) is 12.7 Å². The van der Waals surface area contributed by atoms with Crippen molar-refractivity contribution < 1.29 is 126 Å². The van der Waals surface area contributed by atoms with Crippen LogP contribution in [0.25, 0.3) is 0 Å². The van der Waals surface area contributed by atoms with E-state index in [9.17, 15) is 52.7 Å². The molecule has 0 amide bonds. The summed E-state index contributed by atoms with van der Waals surface area (Å²) in [5.74, 6) is 0. The smallest absolute Gasteiger partial charge is 0.741 e. The minimum atomic E-state index is -6.09. The van der Waals surface area contributed by atoms with E-state index in [0.29, 0.717) is 0 Å². The van der Waals surface area contributed by atoms with Crippen molar-refractivity contribution in [2.24, 2.45) is 0 Å². The SMILES string of the molecule is C=CC[P+](C1CCCCC1)(C1CCCCC1)C1CCCCC1.O=S(=O)([O-])C(F)(F)F.O=S(=O)([O-])C(F)(F)F.O=S(=O)([O-])C(F)(F)F.O=S(=O)([O-])C(F)(F)F.[Pt+4]. The Morgan fingerprint density at radius 3 is 0.691 bits per heavy atom. The molecule has 0 N–H and O–H groups in total. The summed E-state index contributed by atoms with van der Waals surface area (Å²) in [6, 6.07) is 0. The van der Waals surface area contributed by atoms with E-state index in [1.165, 1.54) is 63.9 Å². The second-order valence-corrected chi connectivity index (χ2v) is 22.0. The molecule has 3 aliphatic rings. The van der Waals surface area contributed by atoms with E-state index in [1.807, 2.05) is 0 Å². The van der Waals surface area contributed by atoms with Gasteiger partial charge in [0, 0.05) is 7.26 Å². The first-order chi connectivity index (χ1) is 23.9. The molecule has 0 aromatic heterocycles. The molecular weight excluding hydrogens is 1070 g/mol. The fourth-order valence-corrected chi connectivity index (χ4v) is 13.4. The van der Waals surface area contributed by atoms with Gasteiger partial charge in [-0.25, -0.2) is 33.7 Å². The largest absolute Gasteiger partial charge is 4.00 e. The molecule has 55 heavy (non-hydrogen) atoms. The molecule has 0 atom stereocenters. The Hall–Kier alpha value is -0.342. The molecule has 332 valence electrons. The van der Waals surface area contributed by atoms with Gasteiger partial charge in [-0.15, -0.1) is 0 Å². The van der Waals surface area contributed by atoms with Gasteiger partial charge in [-0.2, -0.15) is 52.7 Å². The van der Waals surface area contributed by atoms with Crippen LogP contribution in [0.4, 0.5) is 52.7 Å². The van der Waals surface area contributed by atoms with Crippen molar-refractivity contribution in [2.45, 2.75) is 135 Å². The summed E-state index contributed by atoms with van der Waals surface area (Å²) in [7, 11) is -25.2. The quantitative estimate of drug-likeness (QED) is 0.0863. The van der Waals surface area contributed by atoms with Crippen LogP contribution in [-0.2, 0) is 61.5 Å². The van der Waals surface area contributed by atoms with Crippen LogP contribution in [0, 0.1) is 0 Å². The third-order valence-electron chi connectivity index (χ3n) is 8.34. The van der Waals surface area contributed by atoms with E-state index in [-0.39, 0.29) is 21.1 Å². The van der Waals surface area contributed by atoms with Crippen LogP contribution in [0.1, 0.15) is 96.3 Å². The zero-order valence-corrected chi connectivity index (χ0v) is 34.6. The maximum atomic E-state index is 10.7. The van der Waals surface area contributed by atoms with Gasteiger partial charge in [0.05, 0.1) is 23.1 Å². The number of hydrogen-bond acceptors (Lipinski definition) is 12. The van der Waals surface area contributed by atoms with E-state index in [1.54, 1.807) is 38.5 Å². The molecule has 0 aliphatic heterocycles. The van der Waals surface area contributed by atoms with Gasteiger partial charge >= 0.3 is 43.1 Å². The molecule has 3 rings (SSSR count). The summed E-state index contributed by atoms with van der Waals surface area (Å²) < 4.78 is 236. The van der Waals surface area contributed by atoms with Gasteiger partial charge in [0.15, 0.2) is 40.5 Å². The molecule has 0 unspecified atom stereocenters. The molecule has 0 heterocycles. The first-order valence-electron chi connectivity index (χ1n) is 15.4. The summed E-state index contributed by atoms with van der Waals surface area (Å²) in [5, 5.41) is 0. The Balaban J connectivity index is -0.000000688. The number of alkyl halides is 12. The normalized spacial score (nSPS) is 18.9. The monoisotopic (exact) mass is 1110 g/mol. The van der Waals surface area contributed by atoms with Crippen LogP contribution < -0.4 is 0 Å². The van der Waals surface area contributed by atoms with E-state index >= 15 is 0 Å². The second kappa shape index (κ2) is 23.4. The molecule has 3 saturated carbocycles.